The molecule has 0 bridgehead atoms. The molecular formula is C16H20N2O3. The maximum Gasteiger partial charge on any atom is 0.289 e. The molecule has 1 fully saturated rings. The van der Waals surface area contributed by atoms with Gasteiger partial charge >= 0.3 is 0 Å². The standard InChI is InChI=1S/C16H20N2O3/c1-11(18-15(20)13-8-3-2-4-9-13)14(19)16(21)17-10-12-6-5-7-12/h2-4,8-9,11-12H,5-7,10H2,1H3,(H,17,21)(H,18,20). The van der Waals surface area contributed by atoms with Crippen LogP contribution in [0.15, 0.2) is 30.3 Å². The Morgan fingerprint density at radius 2 is 1.86 bits per heavy atom. The first-order chi connectivity index (χ1) is 10.1. The van der Waals surface area contributed by atoms with E-state index in [9.17, 15) is 14.4 Å². The number of ketones is 1. The third-order valence-electron chi connectivity index (χ3n) is 3.78. The molecule has 5 nitrogen and oxygen atoms in total. The molecule has 112 valence electrons. The first-order valence-corrected chi connectivity index (χ1v) is 7.26. The average Bonchev–Trinajstić information content (AvgIpc) is 2.45. The number of hydrogen-bond acceptors (Lipinski definition) is 3. The monoisotopic (exact) mass is 288 g/mol. The molecule has 0 heterocycles. The fourth-order valence-corrected chi connectivity index (χ4v) is 2.15. The predicted octanol–water partition coefficient (Wildman–Crippen LogP) is 1.29. The van der Waals surface area contributed by atoms with Crippen molar-refractivity contribution in [3.05, 3.63) is 35.9 Å². The summed E-state index contributed by atoms with van der Waals surface area (Å²) in [7, 11) is 0. The Labute approximate surface area is 124 Å². The second-order valence-corrected chi connectivity index (χ2v) is 5.43. The zero-order valence-electron chi connectivity index (χ0n) is 12.1. The summed E-state index contributed by atoms with van der Waals surface area (Å²) in [5.74, 6) is -1.10. The van der Waals surface area contributed by atoms with Crippen LogP contribution in [-0.2, 0) is 9.59 Å². The van der Waals surface area contributed by atoms with E-state index in [-0.39, 0.29) is 5.91 Å². The molecule has 1 atom stereocenters. The number of rotatable bonds is 6. The zero-order valence-corrected chi connectivity index (χ0v) is 12.1. The van der Waals surface area contributed by atoms with Gasteiger partial charge in [0, 0.05) is 12.1 Å². The summed E-state index contributed by atoms with van der Waals surface area (Å²) in [6, 6.07) is 7.77. The molecule has 0 aliphatic heterocycles. The Hall–Kier alpha value is -2.17. The first-order valence-electron chi connectivity index (χ1n) is 7.26. The van der Waals surface area contributed by atoms with E-state index in [1.54, 1.807) is 30.3 Å². The molecular weight excluding hydrogens is 268 g/mol. The van der Waals surface area contributed by atoms with Crippen molar-refractivity contribution >= 4 is 17.6 Å². The maximum atomic E-state index is 11.9. The summed E-state index contributed by atoms with van der Waals surface area (Å²) in [5, 5.41) is 5.18. The van der Waals surface area contributed by atoms with Gasteiger partial charge in [0.1, 0.15) is 0 Å². The van der Waals surface area contributed by atoms with E-state index in [0.29, 0.717) is 18.0 Å². The molecule has 2 amide bonds. The van der Waals surface area contributed by atoms with Crippen molar-refractivity contribution < 1.29 is 14.4 Å². The average molecular weight is 288 g/mol. The number of benzene rings is 1. The van der Waals surface area contributed by atoms with Gasteiger partial charge in [-0.15, -0.1) is 0 Å². The second-order valence-electron chi connectivity index (χ2n) is 5.43. The minimum Gasteiger partial charge on any atom is -0.349 e. The van der Waals surface area contributed by atoms with Gasteiger partial charge in [-0.25, -0.2) is 0 Å². The third-order valence-corrected chi connectivity index (χ3v) is 3.78. The summed E-state index contributed by atoms with van der Waals surface area (Å²) in [4.78, 5) is 35.5. The lowest BCUT2D eigenvalue weighted by molar-refractivity contribution is -0.138. The Bertz CT molecular complexity index is 524. The number of Topliss-reactive ketones (excluding diaryl/α,β-unsaturated/α-hetero) is 1. The van der Waals surface area contributed by atoms with E-state index in [1.807, 2.05) is 0 Å². The largest absolute Gasteiger partial charge is 0.349 e. The Kier molecular flexibility index (Phi) is 5.09. The van der Waals surface area contributed by atoms with Crippen LogP contribution in [0.3, 0.4) is 0 Å². The van der Waals surface area contributed by atoms with Gasteiger partial charge in [0.15, 0.2) is 0 Å². The minimum atomic E-state index is -0.834. The second kappa shape index (κ2) is 7.02. The van der Waals surface area contributed by atoms with Gasteiger partial charge in [0.2, 0.25) is 5.78 Å². The third kappa shape index (κ3) is 4.15. The van der Waals surface area contributed by atoms with Crippen LogP contribution in [-0.4, -0.2) is 30.2 Å². The lowest BCUT2D eigenvalue weighted by Gasteiger charge is -2.25. The van der Waals surface area contributed by atoms with Crippen LogP contribution in [0.4, 0.5) is 0 Å². The van der Waals surface area contributed by atoms with Gasteiger partial charge in [0.25, 0.3) is 11.8 Å². The van der Waals surface area contributed by atoms with Crippen molar-refractivity contribution in [2.24, 2.45) is 5.92 Å². The molecule has 2 rings (SSSR count). The van der Waals surface area contributed by atoms with Crippen LogP contribution in [0, 0.1) is 5.92 Å². The molecule has 1 aliphatic carbocycles. The first kappa shape index (κ1) is 15.2. The van der Waals surface area contributed by atoms with Gasteiger partial charge in [0.05, 0.1) is 6.04 Å². The van der Waals surface area contributed by atoms with Gasteiger partial charge in [-0.2, -0.15) is 0 Å². The molecule has 1 aliphatic rings. The maximum absolute atomic E-state index is 11.9. The Morgan fingerprint density at radius 1 is 1.19 bits per heavy atom. The number of hydrogen-bond donors (Lipinski definition) is 2. The van der Waals surface area contributed by atoms with Crippen LogP contribution in [0.1, 0.15) is 36.5 Å². The molecule has 21 heavy (non-hydrogen) atoms. The molecule has 1 aromatic rings. The molecule has 0 radical (unpaired) electrons. The van der Waals surface area contributed by atoms with E-state index in [2.05, 4.69) is 10.6 Å². The van der Waals surface area contributed by atoms with E-state index in [4.69, 9.17) is 0 Å². The van der Waals surface area contributed by atoms with Crippen molar-refractivity contribution in [3.8, 4) is 0 Å². The minimum absolute atomic E-state index is 0.358. The van der Waals surface area contributed by atoms with Crippen molar-refractivity contribution in [2.45, 2.75) is 32.2 Å². The van der Waals surface area contributed by atoms with Crippen molar-refractivity contribution in [2.75, 3.05) is 6.54 Å². The van der Waals surface area contributed by atoms with Crippen molar-refractivity contribution in [3.63, 3.8) is 0 Å². The number of carbonyl (C=O) groups excluding carboxylic acids is 3. The predicted molar refractivity (Wildman–Crippen MR) is 78.7 cm³/mol. The van der Waals surface area contributed by atoms with Crippen LogP contribution in [0.25, 0.3) is 0 Å². The number of amides is 2. The van der Waals surface area contributed by atoms with Gasteiger partial charge in [-0.1, -0.05) is 24.6 Å². The molecule has 0 aromatic heterocycles. The molecule has 1 saturated carbocycles. The lowest BCUT2D eigenvalue weighted by Crippen LogP contribution is -2.47. The van der Waals surface area contributed by atoms with Crippen LogP contribution in [0.5, 0.6) is 0 Å². The lowest BCUT2D eigenvalue weighted by atomic mass is 9.85. The van der Waals surface area contributed by atoms with E-state index in [0.717, 1.165) is 12.8 Å². The topological polar surface area (TPSA) is 75.3 Å². The molecule has 0 spiro atoms. The smallest absolute Gasteiger partial charge is 0.289 e. The SMILES string of the molecule is CC(NC(=O)c1ccccc1)C(=O)C(=O)NCC1CCC1. The summed E-state index contributed by atoms with van der Waals surface area (Å²) in [6.45, 7) is 2.07. The summed E-state index contributed by atoms with van der Waals surface area (Å²) < 4.78 is 0. The van der Waals surface area contributed by atoms with Gasteiger partial charge in [-0.05, 0) is 37.8 Å². The highest BCUT2D eigenvalue weighted by Gasteiger charge is 2.25. The zero-order chi connectivity index (χ0) is 15.2. The molecule has 1 unspecified atom stereocenters. The highest BCUT2D eigenvalue weighted by atomic mass is 16.2. The Morgan fingerprint density at radius 3 is 2.43 bits per heavy atom. The van der Waals surface area contributed by atoms with E-state index >= 15 is 0 Å². The fourth-order valence-electron chi connectivity index (χ4n) is 2.15. The molecule has 1 aromatic carbocycles. The summed E-state index contributed by atoms with van der Waals surface area (Å²) in [5.41, 5.74) is 0.465. The van der Waals surface area contributed by atoms with Crippen molar-refractivity contribution in [1.82, 2.24) is 10.6 Å². The molecule has 2 N–H and O–H groups in total. The highest BCUT2D eigenvalue weighted by molar-refractivity contribution is 6.38. The normalized spacial score (nSPS) is 15.7. The summed E-state index contributed by atoms with van der Waals surface area (Å²) in [6.07, 6.45) is 3.40. The van der Waals surface area contributed by atoms with Gasteiger partial charge < -0.3 is 10.6 Å². The van der Waals surface area contributed by atoms with Crippen LogP contribution in [0.2, 0.25) is 0 Å². The number of nitrogens with one attached hydrogen (secondary N) is 2. The Balaban J connectivity index is 1.81. The molecule has 5 heteroatoms. The van der Waals surface area contributed by atoms with E-state index < -0.39 is 17.7 Å². The van der Waals surface area contributed by atoms with E-state index in [1.165, 1.54) is 13.3 Å². The molecule has 0 saturated heterocycles. The fraction of sp³-hybridized carbons (Fsp3) is 0.438. The summed E-state index contributed by atoms with van der Waals surface area (Å²) >= 11 is 0. The van der Waals surface area contributed by atoms with Gasteiger partial charge in [-0.3, -0.25) is 14.4 Å². The van der Waals surface area contributed by atoms with Crippen LogP contribution >= 0.6 is 0 Å². The highest BCUT2D eigenvalue weighted by Crippen LogP contribution is 2.25. The number of carbonyl (C=O) groups is 3. The van der Waals surface area contributed by atoms with Crippen LogP contribution < -0.4 is 10.6 Å². The van der Waals surface area contributed by atoms with Crippen molar-refractivity contribution in [1.29, 1.82) is 0 Å². The quantitative estimate of drug-likeness (QED) is 0.775.